The van der Waals surface area contributed by atoms with Gasteiger partial charge in [0, 0.05) is 0 Å². The van der Waals surface area contributed by atoms with E-state index in [1.807, 2.05) is 6.92 Å². The Morgan fingerprint density at radius 3 is 2.86 bits per heavy atom. The second-order valence-electron chi connectivity index (χ2n) is 6.48. The number of carbonyl (C=O) groups is 1. The van der Waals surface area contributed by atoms with Crippen molar-refractivity contribution in [3.05, 3.63) is 34.9 Å². The Balaban J connectivity index is 1.93. The number of rotatable bonds is 3. The molecule has 0 saturated carbocycles. The average molecular weight is 287 g/mol. The van der Waals surface area contributed by atoms with Crippen LogP contribution in [-0.2, 0) is 14.9 Å². The van der Waals surface area contributed by atoms with Gasteiger partial charge in [-0.15, -0.1) is 0 Å². The van der Waals surface area contributed by atoms with E-state index in [-0.39, 0.29) is 11.4 Å². The third-order valence-electron chi connectivity index (χ3n) is 5.19. The third-order valence-corrected chi connectivity index (χ3v) is 5.19. The van der Waals surface area contributed by atoms with Gasteiger partial charge < -0.3 is 10.1 Å². The molecule has 1 heterocycles. The van der Waals surface area contributed by atoms with Crippen LogP contribution >= 0.6 is 0 Å². The molecule has 1 N–H and O–H groups in total. The molecule has 1 aromatic carbocycles. The summed E-state index contributed by atoms with van der Waals surface area (Å²) in [6.45, 7) is 6.73. The van der Waals surface area contributed by atoms with Crippen molar-refractivity contribution in [2.75, 3.05) is 19.7 Å². The molecule has 0 bridgehead atoms. The number of piperidine rings is 1. The molecule has 1 unspecified atom stereocenters. The van der Waals surface area contributed by atoms with Gasteiger partial charge >= 0.3 is 5.97 Å². The van der Waals surface area contributed by atoms with E-state index in [9.17, 15) is 4.79 Å². The SMILES string of the molecule is CCOC(=O)CC1CC2(CCNCC2)c2c(C)cccc21. The molecule has 3 nitrogen and oxygen atoms in total. The fourth-order valence-corrected chi connectivity index (χ4v) is 4.40. The van der Waals surface area contributed by atoms with Crippen molar-refractivity contribution in [1.29, 1.82) is 0 Å². The molecule has 3 heteroatoms. The maximum Gasteiger partial charge on any atom is 0.306 e. The minimum atomic E-state index is -0.0547. The minimum absolute atomic E-state index is 0.0547. The Kier molecular flexibility index (Phi) is 4.03. The molecule has 0 aromatic heterocycles. The molecule has 1 atom stereocenters. The Labute approximate surface area is 127 Å². The van der Waals surface area contributed by atoms with Crippen LogP contribution in [0.4, 0.5) is 0 Å². The molecule has 0 radical (unpaired) electrons. The van der Waals surface area contributed by atoms with Gasteiger partial charge in [0.15, 0.2) is 0 Å². The molecular formula is C18H25NO2. The van der Waals surface area contributed by atoms with Crippen LogP contribution in [0.25, 0.3) is 0 Å². The number of esters is 1. The molecule has 1 fully saturated rings. The first kappa shape index (κ1) is 14.6. The van der Waals surface area contributed by atoms with E-state index in [4.69, 9.17) is 4.74 Å². The van der Waals surface area contributed by atoms with Gasteiger partial charge in [-0.25, -0.2) is 0 Å². The predicted molar refractivity (Wildman–Crippen MR) is 83.6 cm³/mol. The Hall–Kier alpha value is -1.35. The lowest BCUT2D eigenvalue weighted by Crippen LogP contribution is -2.38. The number of aryl methyl sites for hydroxylation is 1. The third kappa shape index (κ3) is 2.59. The first-order valence-corrected chi connectivity index (χ1v) is 8.12. The van der Waals surface area contributed by atoms with Crippen molar-refractivity contribution in [3.63, 3.8) is 0 Å². The highest BCUT2D eigenvalue weighted by molar-refractivity contribution is 5.71. The van der Waals surface area contributed by atoms with E-state index in [0.717, 1.165) is 19.5 Å². The van der Waals surface area contributed by atoms with Crippen molar-refractivity contribution in [2.45, 2.75) is 50.9 Å². The molecule has 21 heavy (non-hydrogen) atoms. The first-order valence-electron chi connectivity index (χ1n) is 8.12. The fraction of sp³-hybridized carbons (Fsp3) is 0.611. The maximum absolute atomic E-state index is 11.9. The first-order chi connectivity index (χ1) is 10.2. The molecular weight excluding hydrogens is 262 g/mol. The molecule has 2 aliphatic rings. The monoisotopic (exact) mass is 287 g/mol. The van der Waals surface area contributed by atoms with Gasteiger partial charge in [-0.2, -0.15) is 0 Å². The summed E-state index contributed by atoms with van der Waals surface area (Å²) in [5.74, 6) is 0.276. The summed E-state index contributed by atoms with van der Waals surface area (Å²) in [7, 11) is 0. The summed E-state index contributed by atoms with van der Waals surface area (Å²) in [5.41, 5.74) is 4.59. The van der Waals surface area contributed by atoms with E-state index >= 15 is 0 Å². The highest BCUT2D eigenvalue weighted by atomic mass is 16.5. The quantitative estimate of drug-likeness (QED) is 0.868. The van der Waals surface area contributed by atoms with Gasteiger partial charge in [-0.3, -0.25) is 4.79 Å². The predicted octanol–water partition coefficient (Wildman–Crippen LogP) is 3.06. The van der Waals surface area contributed by atoms with Crippen LogP contribution in [0.3, 0.4) is 0 Å². The van der Waals surface area contributed by atoms with E-state index in [1.54, 1.807) is 0 Å². The van der Waals surface area contributed by atoms with Crippen molar-refractivity contribution < 1.29 is 9.53 Å². The zero-order valence-corrected chi connectivity index (χ0v) is 13.1. The molecule has 1 aromatic rings. The summed E-state index contributed by atoms with van der Waals surface area (Å²) in [6.07, 6.45) is 4.00. The van der Waals surface area contributed by atoms with Gasteiger partial charge in [0.2, 0.25) is 0 Å². The highest BCUT2D eigenvalue weighted by Gasteiger charge is 2.45. The molecule has 114 valence electrons. The number of benzene rings is 1. The van der Waals surface area contributed by atoms with Gasteiger partial charge in [0.25, 0.3) is 0 Å². The van der Waals surface area contributed by atoms with Crippen LogP contribution in [0.1, 0.15) is 55.2 Å². The number of hydrogen-bond donors (Lipinski definition) is 1. The second kappa shape index (κ2) is 5.80. The fourth-order valence-electron chi connectivity index (χ4n) is 4.40. The maximum atomic E-state index is 11.9. The zero-order valence-electron chi connectivity index (χ0n) is 13.1. The van der Waals surface area contributed by atoms with Gasteiger partial charge in [-0.1, -0.05) is 18.2 Å². The summed E-state index contributed by atoms with van der Waals surface area (Å²) >= 11 is 0. The number of nitrogens with one attached hydrogen (secondary N) is 1. The normalized spacial score (nSPS) is 23.0. The van der Waals surface area contributed by atoms with Gasteiger partial charge in [0.05, 0.1) is 13.0 Å². The number of carbonyl (C=O) groups excluding carboxylic acids is 1. The van der Waals surface area contributed by atoms with Crippen LogP contribution in [0.5, 0.6) is 0 Å². The number of ether oxygens (including phenoxy) is 1. The van der Waals surface area contributed by atoms with Crippen LogP contribution in [0, 0.1) is 6.92 Å². The minimum Gasteiger partial charge on any atom is -0.466 e. The van der Waals surface area contributed by atoms with Crippen LogP contribution in [-0.4, -0.2) is 25.7 Å². The van der Waals surface area contributed by atoms with Crippen LogP contribution < -0.4 is 5.32 Å². The van der Waals surface area contributed by atoms with Crippen molar-refractivity contribution >= 4 is 5.97 Å². The van der Waals surface area contributed by atoms with E-state index in [2.05, 4.69) is 30.4 Å². The zero-order chi connectivity index (χ0) is 14.9. The van der Waals surface area contributed by atoms with Crippen molar-refractivity contribution in [3.8, 4) is 0 Å². The molecule has 0 amide bonds. The van der Waals surface area contributed by atoms with E-state index in [1.165, 1.54) is 29.5 Å². The summed E-state index contributed by atoms with van der Waals surface area (Å²) in [5, 5.41) is 3.47. The molecule has 3 rings (SSSR count). The molecule has 1 aliphatic carbocycles. The largest absolute Gasteiger partial charge is 0.466 e. The topological polar surface area (TPSA) is 38.3 Å². The Bertz CT molecular complexity index is 532. The number of fused-ring (bicyclic) bond motifs is 2. The van der Waals surface area contributed by atoms with Gasteiger partial charge in [-0.05, 0) is 74.2 Å². The summed E-state index contributed by atoms with van der Waals surface area (Å²) in [4.78, 5) is 11.9. The lowest BCUT2D eigenvalue weighted by atomic mass is 9.72. The molecule has 1 aliphatic heterocycles. The lowest BCUT2D eigenvalue weighted by molar-refractivity contribution is -0.143. The average Bonchev–Trinajstić information content (AvgIpc) is 2.75. The smallest absolute Gasteiger partial charge is 0.306 e. The van der Waals surface area contributed by atoms with E-state index < -0.39 is 0 Å². The van der Waals surface area contributed by atoms with Gasteiger partial charge in [0.1, 0.15) is 0 Å². The van der Waals surface area contributed by atoms with E-state index in [0.29, 0.717) is 18.9 Å². The van der Waals surface area contributed by atoms with Crippen LogP contribution in [0.15, 0.2) is 18.2 Å². The van der Waals surface area contributed by atoms with Crippen molar-refractivity contribution in [1.82, 2.24) is 5.32 Å². The summed E-state index contributed by atoms with van der Waals surface area (Å²) < 4.78 is 5.17. The Morgan fingerprint density at radius 1 is 1.38 bits per heavy atom. The second-order valence-corrected chi connectivity index (χ2v) is 6.48. The number of hydrogen-bond acceptors (Lipinski definition) is 3. The summed E-state index contributed by atoms with van der Waals surface area (Å²) in [6, 6.07) is 6.57. The molecule has 1 spiro atoms. The highest BCUT2D eigenvalue weighted by Crippen LogP contribution is 2.53. The Morgan fingerprint density at radius 2 is 2.14 bits per heavy atom. The lowest BCUT2D eigenvalue weighted by Gasteiger charge is -2.36. The molecule has 1 saturated heterocycles. The van der Waals surface area contributed by atoms with Crippen molar-refractivity contribution in [2.24, 2.45) is 0 Å². The van der Waals surface area contributed by atoms with Crippen LogP contribution in [0.2, 0.25) is 0 Å². The standard InChI is InChI=1S/C18H25NO2/c1-3-21-16(20)11-14-12-18(7-9-19-10-8-18)17-13(2)5-4-6-15(14)17/h4-6,14,19H,3,7-12H2,1-2H3.